The van der Waals surface area contributed by atoms with Gasteiger partial charge in [-0.05, 0) is 28.7 Å². The van der Waals surface area contributed by atoms with E-state index < -0.39 is 0 Å². The Balaban J connectivity index is 2.32. The van der Waals surface area contributed by atoms with Gasteiger partial charge < -0.3 is 5.11 Å². The molecule has 1 nitrogen and oxygen atoms in total. The molecule has 0 aliphatic heterocycles. The summed E-state index contributed by atoms with van der Waals surface area (Å²) in [4.78, 5) is 0. The Labute approximate surface area is 108 Å². The number of benzene rings is 2. The molecule has 0 atom stereocenters. The van der Waals surface area contributed by atoms with E-state index in [1.165, 1.54) is 22.3 Å². The van der Waals surface area contributed by atoms with E-state index in [-0.39, 0.29) is 12.0 Å². The van der Waals surface area contributed by atoms with Crippen LogP contribution in [0.3, 0.4) is 0 Å². The quantitative estimate of drug-likeness (QED) is 0.863. The van der Waals surface area contributed by atoms with Gasteiger partial charge in [-0.1, -0.05) is 61.9 Å². The zero-order valence-corrected chi connectivity index (χ0v) is 10.7. The molecule has 18 heavy (non-hydrogen) atoms. The lowest BCUT2D eigenvalue weighted by Crippen LogP contribution is -2.29. The van der Waals surface area contributed by atoms with Crippen LogP contribution >= 0.6 is 0 Å². The van der Waals surface area contributed by atoms with E-state index in [1.807, 2.05) is 0 Å². The van der Waals surface area contributed by atoms with E-state index in [4.69, 9.17) is 0 Å². The van der Waals surface area contributed by atoms with Gasteiger partial charge in [0.15, 0.2) is 0 Å². The first kappa shape index (κ1) is 11.5. The van der Waals surface area contributed by atoms with Crippen molar-refractivity contribution in [3.63, 3.8) is 0 Å². The number of rotatable bonds is 3. The van der Waals surface area contributed by atoms with Crippen LogP contribution in [0, 0.1) is 0 Å². The lowest BCUT2D eigenvalue weighted by atomic mass is 9.75. The van der Waals surface area contributed by atoms with E-state index in [0.717, 1.165) is 12.8 Å². The Morgan fingerprint density at radius 2 is 1.39 bits per heavy atom. The van der Waals surface area contributed by atoms with E-state index >= 15 is 0 Å². The van der Waals surface area contributed by atoms with Gasteiger partial charge in [0.25, 0.3) is 0 Å². The molecule has 1 N–H and O–H groups in total. The molecule has 1 aliphatic carbocycles. The minimum atomic E-state index is -0.193. The summed E-state index contributed by atoms with van der Waals surface area (Å²) in [5.41, 5.74) is 4.96. The molecule has 92 valence electrons. The van der Waals surface area contributed by atoms with Gasteiger partial charge in [-0.3, -0.25) is 0 Å². The third-order valence-electron chi connectivity index (χ3n) is 4.12. The SMILES string of the molecule is CCCC1(CO)c2ccccc2-c2ccccc21. The van der Waals surface area contributed by atoms with Crippen molar-refractivity contribution in [3.8, 4) is 11.1 Å². The summed E-state index contributed by atoms with van der Waals surface area (Å²) < 4.78 is 0. The van der Waals surface area contributed by atoms with E-state index in [9.17, 15) is 5.11 Å². The van der Waals surface area contributed by atoms with Gasteiger partial charge in [0.1, 0.15) is 0 Å². The Morgan fingerprint density at radius 3 is 1.83 bits per heavy atom. The molecule has 0 spiro atoms. The number of hydrogen-bond donors (Lipinski definition) is 1. The summed E-state index contributed by atoms with van der Waals surface area (Å²) in [6.07, 6.45) is 2.07. The summed E-state index contributed by atoms with van der Waals surface area (Å²) in [6, 6.07) is 17.0. The van der Waals surface area contributed by atoms with Crippen molar-refractivity contribution >= 4 is 0 Å². The average Bonchev–Trinajstić information content (AvgIpc) is 2.72. The second-order valence-corrected chi connectivity index (χ2v) is 5.08. The van der Waals surface area contributed by atoms with Crippen LogP contribution in [-0.2, 0) is 5.41 Å². The molecule has 1 heteroatoms. The van der Waals surface area contributed by atoms with Crippen LogP contribution in [-0.4, -0.2) is 11.7 Å². The van der Waals surface area contributed by atoms with Crippen LogP contribution in [0.25, 0.3) is 11.1 Å². The highest BCUT2D eigenvalue weighted by Crippen LogP contribution is 2.50. The fraction of sp³-hybridized carbons (Fsp3) is 0.294. The smallest absolute Gasteiger partial charge is 0.0569 e. The first-order valence-corrected chi connectivity index (χ1v) is 6.64. The highest BCUT2D eigenvalue weighted by Gasteiger charge is 2.41. The van der Waals surface area contributed by atoms with E-state index in [1.54, 1.807) is 0 Å². The minimum absolute atomic E-state index is 0.189. The van der Waals surface area contributed by atoms with Crippen LogP contribution in [0.1, 0.15) is 30.9 Å². The highest BCUT2D eigenvalue weighted by molar-refractivity contribution is 5.81. The Bertz CT molecular complexity index is 526. The average molecular weight is 238 g/mol. The number of aliphatic hydroxyl groups is 1. The van der Waals surface area contributed by atoms with Crippen LogP contribution in [0.4, 0.5) is 0 Å². The highest BCUT2D eigenvalue weighted by atomic mass is 16.3. The van der Waals surface area contributed by atoms with Crippen LogP contribution in [0.15, 0.2) is 48.5 Å². The summed E-state index contributed by atoms with van der Waals surface area (Å²) in [5.74, 6) is 0. The number of hydrogen-bond acceptors (Lipinski definition) is 1. The molecule has 0 fully saturated rings. The van der Waals surface area contributed by atoms with Gasteiger partial charge in [0.05, 0.1) is 6.61 Å². The van der Waals surface area contributed by atoms with Crippen molar-refractivity contribution in [2.24, 2.45) is 0 Å². The van der Waals surface area contributed by atoms with Crippen molar-refractivity contribution < 1.29 is 5.11 Å². The molecular formula is C17H18O. The van der Waals surface area contributed by atoms with Crippen LogP contribution < -0.4 is 0 Å². The molecule has 0 heterocycles. The second-order valence-electron chi connectivity index (χ2n) is 5.08. The van der Waals surface area contributed by atoms with Crippen molar-refractivity contribution in [3.05, 3.63) is 59.7 Å². The molecule has 0 saturated heterocycles. The van der Waals surface area contributed by atoms with Gasteiger partial charge in [0, 0.05) is 5.41 Å². The van der Waals surface area contributed by atoms with Crippen molar-refractivity contribution in [1.29, 1.82) is 0 Å². The largest absolute Gasteiger partial charge is 0.395 e. The molecular weight excluding hydrogens is 220 g/mol. The second kappa shape index (κ2) is 4.25. The Hall–Kier alpha value is -1.60. The topological polar surface area (TPSA) is 20.2 Å². The molecule has 3 rings (SSSR count). The van der Waals surface area contributed by atoms with Gasteiger partial charge >= 0.3 is 0 Å². The lowest BCUT2D eigenvalue weighted by Gasteiger charge is -2.29. The summed E-state index contributed by atoms with van der Waals surface area (Å²) >= 11 is 0. The van der Waals surface area contributed by atoms with Crippen molar-refractivity contribution in [2.75, 3.05) is 6.61 Å². The van der Waals surface area contributed by atoms with Gasteiger partial charge in [-0.25, -0.2) is 0 Å². The summed E-state index contributed by atoms with van der Waals surface area (Å²) in [5, 5.41) is 10.0. The fourth-order valence-corrected chi connectivity index (χ4v) is 3.36. The molecule has 0 aromatic heterocycles. The molecule has 1 aliphatic rings. The normalized spacial score (nSPS) is 15.2. The molecule has 0 saturated carbocycles. The van der Waals surface area contributed by atoms with Crippen molar-refractivity contribution in [2.45, 2.75) is 25.2 Å². The Morgan fingerprint density at radius 1 is 0.889 bits per heavy atom. The molecule has 2 aromatic rings. The first-order chi connectivity index (χ1) is 8.83. The fourth-order valence-electron chi connectivity index (χ4n) is 3.36. The molecule has 0 bridgehead atoms. The monoisotopic (exact) mass is 238 g/mol. The predicted octanol–water partition coefficient (Wildman–Crippen LogP) is 3.75. The number of aliphatic hydroxyl groups excluding tert-OH is 1. The van der Waals surface area contributed by atoms with E-state index in [2.05, 4.69) is 55.5 Å². The maximum Gasteiger partial charge on any atom is 0.0569 e. The first-order valence-electron chi connectivity index (χ1n) is 6.64. The van der Waals surface area contributed by atoms with Crippen LogP contribution in [0.2, 0.25) is 0 Å². The van der Waals surface area contributed by atoms with Crippen molar-refractivity contribution in [1.82, 2.24) is 0 Å². The Kier molecular flexibility index (Phi) is 2.71. The molecule has 0 unspecified atom stereocenters. The van der Waals surface area contributed by atoms with Gasteiger partial charge in [0.2, 0.25) is 0 Å². The summed E-state index contributed by atoms with van der Waals surface area (Å²) in [6.45, 7) is 2.37. The molecule has 0 amide bonds. The lowest BCUT2D eigenvalue weighted by molar-refractivity contribution is 0.213. The molecule has 2 aromatic carbocycles. The van der Waals surface area contributed by atoms with Gasteiger partial charge in [-0.15, -0.1) is 0 Å². The maximum absolute atomic E-state index is 10.0. The maximum atomic E-state index is 10.0. The van der Waals surface area contributed by atoms with Gasteiger partial charge in [-0.2, -0.15) is 0 Å². The third kappa shape index (κ3) is 1.37. The van der Waals surface area contributed by atoms with Crippen LogP contribution in [0.5, 0.6) is 0 Å². The zero-order chi connectivity index (χ0) is 12.6. The third-order valence-corrected chi connectivity index (χ3v) is 4.12. The predicted molar refractivity (Wildman–Crippen MR) is 74.7 cm³/mol. The molecule has 0 radical (unpaired) electrons. The summed E-state index contributed by atoms with van der Waals surface area (Å²) in [7, 11) is 0. The number of fused-ring (bicyclic) bond motifs is 3. The standard InChI is InChI=1S/C17H18O/c1-2-11-17(12-18)15-9-5-3-7-13(15)14-8-4-6-10-16(14)17/h3-10,18H,2,11-12H2,1H3. The zero-order valence-electron chi connectivity index (χ0n) is 10.7. The van der Waals surface area contributed by atoms with E-state index in [0.29, 0.717) is 0 Å². The minimum Gasteiger partial charge on any atom is -0.395 e.